The lowest BCUT2D eigenvalue weighted by Crippen LogP contribution is -2.41. The Bertz CT molecular complexity index is 384. The third-order valence-electron chi connectivity index (χ3n) is 3.06. The topological polar surface area (TPSA) is 3.24 Å². The van der Waals surface area contributed by atoms with E-state index in [1.807, 2.05) is 7.05 Å². The number of nitrogens with zero attached hydrogens (tertiary/aromatic N) is 1. The second-order valence-electron chi connectivity index (χ2n) is 5.00. The fraction of sp³-hybridized carbons (Fsp3) is 0.538. The van der Waals surface area contributed by atoms with Crippen LogP contribution in [0.2, 0.25) is 0 Å². The van der Waals surface area contributed by atoms with Crippen molar-refractivity contribution < 1.29 is 13.2 Å². The zero-order valence-corrected chi connectivity index (χ0v) is 12.3. The maximum Gasteiger partial charge on any atom is 0.416 e. The molecule has 0 bridgehead atoms. The van der Waals surface area contributed by atoms with Gasteiger partial charge in [-0.15, -0.1) is 0 Å². The Kier molecular flexibility index (Phi) is 4.84. The predicted molar refractivity (Wildman–Crippen MR) is 70.8 cm³/mol. The molecule has 0 N–H and O–H groups in total. The maximum absolute atomic E-state index is 12.4. The molecule has 0 unspecified atom stereocenters. The van der Waals surface area contributed by atoms with Crippen molar-refractivity contribution >= 4 is 15.9 Å². The van der Waals surface area contributed by atoms with Crippen molar-refractivity contribution in [1.29, 1.82) is 0 Å². The molecule has 1 aromatic rings. The number of hydrogen-bond donors (Lipinski definition) is 0. The summed E-state index contributed by atoms with van der Waals surface area (Å²) in [5, 5.41) is 0.803. The van der Waals surface area contributed by atoms with E-state index in [-0.39, 0.29) is 5.54 Å². The molecule has 1 aromatic carbocycles. The van der Waals surface area contributed by atoms with Crippen molar-refractivity contribution in [2.45, 2.75) is 32.1 Å². The molecule has 0 saturated carbocycles. The molecule has 0 radical (unpaired) electrons. The lowest BCUT2D eigenvalue weighted by atomic mass is 10.0. The molecular weight excluding hydrogens is 307 g/mol. The van der Waals surface area contributed by atoms with Crippen LogP contribution in [0, 0.1) is 0 Å². The first-order valence-electron chi connectivity index (χ1n) is 5.60. The Morgan fingerprint density at radius 3 is 2.00 bits per heavy atom. The van der Waals surface area contributed by atoms with Crippen LogP contribution in [0.5, 0.6) is 0 Å². The van der Waals surface area contributed by atoms with Crippen molar-refractivity contribution in [2.24, 2.45) is 0 Å². The molecule has 0 spiro atoms. The first-order valence-corrected chi connectivity index (χ1v) is 6.72. The summed E-state index contributed by atoms with van der Waals surface area (Å²) >= 11 is 3.43. The van der Waals surface area contributed by atoms with Crippen LogP contribution in [0.25, 0.3) is 0 Å². The van der Waals surface area contributed by atoms with Gasteiger partial charge in [0, 0.05) is 17.4 Å². The molecule has 18 heavy (non-hydrogen) atoms. The van der Waals surface area contributed by atoms with Crippen molar-refractivity contribution in [2.75, 3.05) is 12.4 Å². The molecular formula is C13H17BrF3N. The predicted octanol–water partition coefficient (Wildman–Crippen LogP) is 4.31. The van der Waals surface area contributed by atoms with Crippen LogP contribution in [-0.4, -0.2) is 22.8 Å². The minimum absolute atomic E-state index is 0.0390. The van der Waals surface area contributed by atoms with E-state index < -0.39 is 11.7 Å². The van der Waals surface area contributed by atoms with Gasteiger partial charge in [-0.2, -0.15) is 13.2 Å². The van der Waals surface area contributed by atoms with Gasteiger partial charge in [0.25, 0.3) is 0 Å². The highest BCUT2D eigenvalue weighted by Gasteiger charge is 2.30. The Hall–Kier alpha value is -0.550. The average molecular weight is 324 g/mol. The van der Waals surface area contributed by atoms with E-state index in [1.165, 1.54) is 12.1 Å². The van der Waals surface area contributed by atoms with Gasteiger partial charge in [0.1, 0.15) is 0 Å². The van der Waals surface area contributed by atoms with Gasteiger partial charge in [-0.1, -0.05) is 28.1 Å². The number of rotatable bonds is 4. The van der Waals surface area contributed by atoms with Gasteiger partial charge in [-0.3, -0.25) is 4.90 Å². The summed E-state index contributed by atoms with van der Waals surface area (Å²) in [5.74, 6) is 0. The molecule has 5 heteroatoms. The zero-order chi connectivity index (χ0) is 14.0. The van der Waals surface area contributed by atoms with E-state index >= 15 is 0 Å². The third kappa shape index (κ3) is 3.99. The zero-order valence-electron chi connectivity index (χ0n) is 10.7. The number of alkyl halides is 4. The highest BCUT2D eigenvalue weighted by atomic mass is 79.9. The largest absolute Gasteiger partial charge is 0.416 e. The Morgan fingerprint density at radius 1 is 1.11 bits per heavy atom. The molecule has 0 aliphatic rings. The van der Waals surface area contributed by atoms with Gasteiger partial charge >= 0.3 is 6.18 Å². The van der Waals surface area contributed by atoms with Crippen LogP contribution in [0.15, 0.2) is 24.3 Å². The van der Waals surface area contributed by atoms with Crippen LogP contribution < -0.4 is 0 Å². The highest BCUT2D eigenvalue weighted by Crippen LogP contribution is 2.29. The van der Waals surface area contributed by atoms with Crippen molar-refractivity contribution in [1.82, 2.24) is 4.90 Å². The molecule has 0 aromatic heterocycles. The van der Waals surface area contributed by atoms with Gasteiger partial charge in [0.15, 0.2) is 0 Å². The number of halogens is 4. The second kappa shape index (κ2) is 5.61. The lowest BCUT2D eigenvalue weighted by molar-refractivity contribution is -0.137. The summed E-state index contributed by atoms with van der Waals surface area (Å²) in [6, 6.07) is 5.32. The molecule has 0 fully saturated rings. The summed E-state index contributed by atoms with van der Waals surface area (Å²) in [4.78, 5) is 2.10. The van der Waals surface area contributed by atoms with Crippen molar-refractivity contribution in [3.63, 3.8) is 0 Å². The number of benzene rings is 1. The quantitative estimate of drug-likeness (QED) is 0.746. The molecule has 0 amide bonds. The minimum atomic E-state index is -4.26. The van der Waals surface area contributed by atoms with Gasteiger partial charge in [0.05, 0.1) is 5.56 Å². The summed E-state index contributed by atoms with van der Waals surface area (Å²) in [7, 11) is 1.96. The van der Waals surface area contributed by atoms with Crippen LogP contribution in [-0.2, 0) is 12.7 Å². The molecule has 0 aliphatic heterocycles. The normalized spacial score (nSPS) is 13.1. The molecule has 0 aliphatic carbocycles. The van der Waals surface area contributed by atoms with E-state index in [2.05, 4.69) is 34.7 Å². The molecule has 0 saturated heterocycles. The fourth-order valence-electron chi connectivity index (χ4n) is 1.39. The monoisotopic (exact) mass is 323 g/mol. The smallest absolute Gasteiger partial charge is 0.296 e. The first kappa shape index (κ1) is 15.5. The molecule has 102 valence electrons. The SMILES string of the molecule is CN(Cc1ccc(C(F)(F)F)cc1)C(C)(C)CBr. The van der Waals surface area contributed by atoms with Crippen molar-refractivity contribution in [3.8, 4) is 0 Å². The first-order chi connectivity index (χ1) is 8.16. The molecule has 0 heterocycles. The Balaban J connectivity index is 2.76. The number of hydrogen-bond acceptors (Lipinski definition) is 1. The van der Waals surface area contributed by atoms with Gasteiger partial charge in [-0.25, -0.2) is 0 Å². The van der Waals surface area contributed by atoms with Gasteiger partial charge in [0.2, 0.25) is 0 Å². The molecule has 1 nitrogen and oxygen atoms in total. The van der Waals surface area contributed by atoms with Crippen LogP contribution >= 0.6 is 15.9 Å². The highest BCUT2D eigenvalue weighted by molar-refractivity contribution is 9.09. The maximum atomic E-state index is 12.4. The Morgan fingerprint density at radius 2 is 1.61 bits per heavy atom. The van der Waals surface area contributed by atoms with Crippen molar-refractivity contribution in [3.05, 3.63) is 35.4 Å². The molecule has 1 rings (SSSR count). The summed E-state index contributed by atoms with van der Waals surface area (Å²) in [6.45, 7) is 4.77. The van der Waals surface area contributed by atoms with Gasteiger partial charge in [-0.05, 0) is 38.6 Å². The van der Waals surface area contributed by atoms with Crippen LogP contribution in [0.1, 0.15) is 25.0 Å². The standard InChI is InChI=1S/C13H17BrF3N/c1-12(2,9-14)18(3)8-10-4-6-11(7-5-10)13(15,16)17/h4-7H,8-9H2,1-3H3. The van der Waals surface area contributed by atoms with E-state index in [4.69, 9.17) is 0 Å². The van der Waals surface area contributed by atoms with E-state index in [0.29, 0.717) is 6.54 Å². The summed E-state index contributed by atoms with van der Waals surface area (Å²) < 4.78 is 37.2. The summed E-state index contributed by atoms with van der Waals surface area (Å²) in [5.41, 5.74) is 0.232. The van der Waals surface area contributed by atoms with Crippen LogP contribution in [0.3, 0.4) is 0 Å². The van der Waals surface area contributed by atoms with Crippen LogP contribution in [0.4, 0.5) is 13.2 Å². The fourth-order valence-corrected chi connectivity index (χ4v) is 1.82. The van der Waals surface area contributed by atoms with E-state index in [9.17, 15) is 13.2 Å². The Labute approximate surface area is 114 Å². The lowest BCUT2D eigenvalue weighted by Gasteiger charge is -2.34. The second-order valence-corrected chi connectivity index (χ2v) is 5.56. The van der Waals surface area contributed by atoms with E-state index in [0.717, 1.165) is 23.0 Å². The third-order valence-corrected chi connectivity index (χ3v) is 4.43. The average Bonchev–Trinajstić information content (AvgIpc) is 2.28. The van der Waals surface area contributed by atoms with Gasteiger partial charge < -0.3 is 0 Å². The molecule has 0 atom stereocenters. The van der Waals surface area contributed by atoms with E-state index in [1.54, 1.807) is 0 Å². The minimum Gasteiger partial charge on any atom is -0.296 e. The summed E-state index contributed by atoms with van der Waals surface area (Å²) in [6.07, 6.45) is -4.26.